The van der Waals surface area contributed by atoms with E-state index in [4.69, 9.17) is 0 Å². The van der Waals surface area contributed by atoms with Gasteiger partial charge in [-0.05, 0) is 31.2 Å². The van der Waals surface area contributed by atoms with E-state index in [1.807, 2.05) is 19.3 Å². The van der Waals surface area contributed by atoms with E-state index < -0.39 is 5.92 Å². The molecular formula is C17H24F2N4O. The number of piperidine rings is 2. The summed E-state index contributed by atoms with van der Waals surface area (Å²) >= 11 is 0. The first-order valence-electron chi connectivity index (χ1n) is 8.62. The number of halogens is 2. The Kier molecular flexibility index (Phi) is 4.96. The second-order valence-corrected chi connectivity index (χ2v) is 6.93. The van der Waals surface area contributed by atoms with Gasteiger partial charge in [0.1, 0.15) is 0 Å². The third-order valence-electron chi connectivity index (χ3n) is 4.98. The second kappa shape index (κ2) is 6.99. The van der Waals surface area contributed by atoms with Crippen molar-refractivity contribution in [3.63, 3.8) is 0 Å². The van der Waals surface area contributed by atoms with Gasteiger partial charge in [0.05, 0.1) is 0 Å². The van der Waals surface area contributed by atoms with Gasteiger partial charge >= 0.3 is 0 Å². The van der Waals surface area contributed by atoms with Gasteiger partial charge in [0, 0.05) is 57.8 Å². The normalized spacial score (nSPS) is 21.8. The lowest BCUT2D eigenvalue weighted by atomic mass is 9.92. The largest absolute Gasteiger partial charge is 0.342 e. The summed E-state index contributed by atoms with van der Waals surface area (Å²) < 4.78 is 26.3. The molecular weight excluding hydrogens is 314 g/mol. The van der Waals surface area contributed by atoms with Crippen LogP contribution in [0.2, 0.25) is 0 Å². The Labute approximate surface area is 141 Å². The van der Waals surface area contributed by atoms with Crippen LogP contribution >= 0.6 is 0 Å². The highest BCUT2D eigenvalue weighted by Crippen LogP contribution is 2.29. The average Bonchev–Trinajstić information content (AvgIpc) is 2.56. The van der Waals surface area contributed by atoms with E-state index in [2.05, 4.69) is 14.9 Å². The summed E-state index contributed by atoms with van der Waals surface area (Å²) in [7, 11) is 0. The second-order valence-electron chi connectivity index (χ2n) is 6.93. The van der Waals surface area contributed by atoms with Crippen LogP contribution in [0.1, 0.15) is 37.7 Å². The molecule has 0 saturated carbocycles. The molecule has 0 radical (unpaired) electrons. The number of nitrogens with zero attached hydrogens (tertiary/aromatic N) is 4. The highest BCUT2D eigenvalue weighted by Gasteiger charge is 2.36. The van der Waals surface area contributed by atoms with Crippen LogP contribution in [0.25, 0.3) is 0 Å². The number of likely N-dealkylation sites (tertiary alicyclic amines) is 1. The van der Waals surface area contributed by atoms with E-state index in [1.165, 1.54) is 0 Å². The molecule has 0 aliphatic carbocycles. The molecule has 1 amide bonds. The molecule has 0 atom stereocenters. The minimum atomic E-state index is -2.60. The Balaban J connectivity index is 1.45. The Morgan fingerprint density at radius 3 is 2.33 bits per heavy atom. The number of aromatic nitrogens is 2. The summed E-state index contributed by atoms with van der Waals surface area (Å²) in [5.41, 5.74) is 1.03. The van der Waals surface area contributed by atoms with Crippen LogP contribution in [0.3, 0.4) is 0 Å². The lowest BCUT2D eigenvalue weighted by Gasteiger charge is -2.35. The molecule has 2 saturated heterocycles. The van der Waals surface area contributed by atoms with Gasteiger partial charge in [0.25, 0.3) is 5.92 Å². The van der Waals surface area contributed by atoms with Crippen molar-refractivity contribution in [3.05, 3.63) is 18.0 Å². The van der Waals surface area contributed by atoms with Gasteiger partial charge < -0.3 is 9.80 Å². The van der Waals surface area contributed by atoms with Crippen LogP contribution in [-0.4, -0.2) is 52.9 Å². The molecule has 3 rings (SSSR count). The molecule has 24 heavy (non-hydrogen) atoms. The van der Waals surface area contributed by atoms with Crippen molar-refractivity contribution in [2.45, 2.75) is 45.0 Å². The number of alkyl halides is 2. The van der Waals surface area contributed by atoms with Crippen LogP contribution in [0, 0.1) is 12.8 Å². The van der Waals surface area contributed by atoms with E-state index in [-0.39, 0.29) is 31.8 Å². The molecule has 3 heterocycles. The van der Waals surface area contributed by atoms with Crippen molar-refractivity contribution in [1.29, 1.82) is 0 Å². The first-order valence-corrected chi connectivity index (χ1v) is 8.62. The maximum Gasteiger partial charge on any atom is 0.251 e. The molecule has 1 aromatic heterocycles. The summed E-state index contributed by atoms with van der Waals surface area (Å²) in [4.78, 5) is 24.7. The summed E-state index contributed by atoms with van der Waals surface area (Å²) in [5, 5.41) is 0. The smallest absolute Gasteiger partial charge is 0.251 e. The fourth-order valence-corrected chi connectivity index (χ4v) is 3.35. The number of carbonyl (C=O) groups excluding carboxylic acids is 1. The number of aryl methyl sites for hydroxylation is 1. The minimum Gasteiger partial charge on any atom is -0.342 e. The molecule has 2 aliphatic rings. The molecule has 0 bridgehead atoms. The Morgan fingerprint density at radius 2 is 1.75 bits per heavy atom. The Bertz CT molecular complexity index is 560. The molecule has 0 aromatic carbocycles. The molecule has 5 nitrogen and oxygen atoms in total. The number of carbonyl (C=O) groups is 1. The maximum atomic E-state index is 13.2. The van der Waals surface area contributed by atoms with Gasteiger partial charge in [-0.3, -0.25) is 4.79 Å². The molecule has 7 heteroatoms. The zero-order chi connectivity index (χ0) is 17.2. The van der Waals surface area contributed by atoms with Crippen molar-refractivity contribution >= 4 is 11.9 Å². The highest BCUT2D eigenvalue weighted by atomic mass is 19.3. The van der Waals surface area contributed by atoms with Crippen molar-refractivity contribution in [2.75, 3.05) is 31.1 Å². The fourth-order valence-electron chi connectivity index (χ4n) is 3.35. The highest BCUT2D eigenvalue weighted by molar-refractivity contribution is 5.76. The molecule has 1 aromatic rings. The lowest BCUT2D eigenvalue weighted by molar-refractivity contribution is -0.138. The number of anilines is 1. The molecule has 0 spiro atoms. The Hall–Kier alpha value is -1.79. The third-order valence-corrected chi connectivity index (χ3v) is 4.98. The molecule has 2 fully saturated rings. The summed E-state index contributed by atoms with van der Waals surface area (Å²) in [6.07, 6.45) is 5.49. The van der Waals surface area contributed by atoms with Gasteiger partial charge in [0.2, 0.25) is 11.9 Å². The summed E-state index contributed by atoms with van der Waals surface area (Å²) in [5.74, 6) is -1.52. The number of rotatable bonds is 3. The zero-order valence-corrected chi connectivity index (χ0v) is 14.0. The van der Waals surface area contributed by atoms with E-state index in [0.717, 1.165) is 37.4 Å². The predicted octanol–water partition coefficient (Wildman–Crippen LogP) is 2.65. The number of amides is 1. The predicted molar refractivity (Wildman–Crippen MR) is 87.1 cm³/mol. The van der Waals surface area contributed by atoms with Crippen LogP contribution in [0.15, 0.2) is 12.4 Å². The van der Waals surface area contributed by atoms with Crippen molar-refractivity contribution < 1.29 is 13.6 Å². The minimum absolute atomic E-state index is 0.0236. The molecule has 132 valence electrons. The van der Waals surface area contributed by atoms with Gasteiger partial charge in [-0.15, -0.1) is 0 Å². The standard InChI is InChI=1S/C17H24F2N4O/c1-13-11-20-16(21-12-13)23-6-2-14(3-7-23)10-15(24)22-8-4-17(18,19)5-9-22/h11-12,14H,2-10H2,1H3. The monoisotopic (exact) mass is 338 g/mol. The van der Waals surface area contributed by atoms with Crippen LogP contribution < -0.4 is 4.90 Å². The Morgan fingerprint density at radius 1 is 1.17 bits per heavy atom. The summed E-state index contributed by atoms with van der Waals surface area (Å²) in [6.45, 7) is 3.99. The van der Waals surface area contributed by atoms with Crippen LogP contribution in [0.5, 0.6) is 0 Å². The van der Waals surface area contributed by atoms with Crippen molar-refractivity contribution in [2.24, 2.45) is 5.92 Å². The zero-order valence-electron chi connectivity index (χ0n) is 14.0. The fraction of sp³-hybridized carbons (Fsp3) is 0.706. The molecule has 2 aliphatic heterocycles. The van der Waals surface area contributed by atoms with E-state index >= 15 is 0 Å². The first-order chi connectivity index (χ1) is 11.4. The first kappa shape index (κ1) is 17.0. The molecule has 0 N–H and O–H groups in total. The molecule has 0 unspecified atom stereocenters. The summed E-state index contributed by atoms with van der Waals surface area (Å²) in [6, 6.07) is 0. The quantitative estimate of drug-likeness (QED) is 0.850. The van der Waals surface area contributed by atoms with E-state index in [1.54, 1.807) is 4.90 Å². The van der Waals surface area contributed by atoms with Crippen molar-refractivity contribution in [3.8, 4) is 0 Å². The van der Waals surface area contributed by atoms with Crippen LogP contribution in [0.4, 0.5) is 14.7 Å². The SMILES string of the molecule is Cc1cnc(N2CCC(CC(=O)N3CCC(F)(F)CC3)CC2)nc1. The maximum absolute atomic E-state index is 13.2. The van der Waals surface area contributed by atoms with E-state index in [0.29, 0.717) is 12.3 Å². The van der Waals surface area contributed by atoms with Gasteiger partial charge in [-0.25, -0.2) is 18.7 Å². The average molecular weight is 338 g/mol. The van der Waals surface area contributed by atoms with Crippen LogP contribution in [-0.2, 0) is 4.79 Å². The van der Waals surface area contributed by atoms with Gasteiger partial charge in [-0.1, -0.05) is 0 Å². The van der Waals surface area contributed by atoms with Crippen molar-refractivity contribution in [1.82, 2.24) is 14.9 Å². The number of hydrogen-bond donors (Lipinski definition) is 0. The van der Waals surface area contributed by atoms with Gasteiger partial charge in [0.15, 0.2) is 0 Å². The number of hydrogen-bond acceptors (Lipinski definition) is 4. The topological polar surface area (TPSA) is 49.3 Å². The van der Waals surface area contributed by atoms with E-state index in [9.17, 15) is 13.6 Å². The van der Waals surface area contributed by atoms with Gasteiger partial charge in [-0.2, -0.15) is 0 Å². The third kappa shape index (κ3) is 4.19. The lowest BCUT2D eigenvalue weighted by Crippen LogP contribution is -2.44.